The minimum absolute atomic E-state index is 0.114. The normalized spacial score (nSPS) is 11.1. The Hall–Kier alpha value is -2.95. The summed E-state index contributed by atoms with van der Waals surface area (Å²) in [5, 5.41) is 0.898. The van der Waals surface area contributed by atoms with Gasteiger partial charge in [0.1, 0.15) is 12.4 Å². The SMILES string of the molecule is CCCCCCn1c(=O)c(OCCCC)c(OCCCC)c2ccc(OCc3ccccc3)cc21. The largest absolute Gasteiger partial charge is 0.489 e. The number of ether oxygens (including phenoxy) is 3. The molecule has 0 fully saturated rings. The summed E-state index contributed by atoms with van der Waals surface area (Å²) < 4.78 is 20.2. The standard InChI is InChI=1S/C30H41NO4/c1-4-7-10-14-19-31-27-22-25(35-23-24-15-12-11-13-16-24)17-18-26(27)28(33-20-8-5-2)29(30(31)32)34-21-9-6-3/h11-13,15-18,22H,4-10,14,19-21,23H2,1-3H3. The highest BCUT2D eigenvalue weighted by molar-refractivity contribution is 5.89. The zero-order chi connectivity index (χ0) is 24.9. The summed E-state index contributed by atoms with van der Waals surface area (Å²) in [6.07, 6.45) is 8.21. The van der Waals surface area contributed by atoms with Crippen molar-refractivity contribution in [3.8, 4) is 17.2 Å². The molecule has 0 spiro atoms. The number of hydrogen-bond donors (Lipinski definition) is 0. The molecule has 1 aromatic heterocycles. The van der Waals surface area contributed by atoms with Gasteiger partial charge in [0.05, 0.1) is 18.7 Å². The van der Waals surface area contributed by atoms with E-state index in [2.05, 4.69) is 20.8 Å². The number of aromatic nitrogens is 1. The number of aryl methyl sites for hydroxylation is 1. The van der Waals surface area contributed by atoms with E-state index in [4.69, 9.17) is 14.2 Å². The molecule has 190 valence electrons. The average Bonchev–Trinajstić information content (AvgIpc) is 2.89. The Morgan fingerprint density at radius 3 is 2.09 bits per heavy atom. The number of benzene rings is 2. The molecule has 0 radical (unpaired) electrons. The first-order chi connectivity index (χ1) is 17.2. The van der Waals surface area contributed by atoms with Crippen LogP contribution in [0.1, 0.15) is 77.7 Å². The summed E-state index contributed by atoms with van der Waals surface area (Å²) in [5.74, 6) is 1.65. The number of hydrogen-bond acceptors (Lipinski definition) is 4. The molecule has 0 bridgehead atoms. The second-order valence-electron chi connectivity index (χ2n) is 9.03. The maximum absolute atomic E-state index is 13.7. The topological polar surface area (TPSA) is 49.7 Å². The van der Waals surface area contributed by atoms with Gasteiger partial charge in [-0.3, -0.25) is 4.79 Å². The van der Waals surface area contributed by atoms with Crippen LogP contribution in [0.4, 0.5) is 0 Å². The molecule has 0 saturated heterocycles. The van der Waals surface area contributed by atoms with Crippen LogP contribution in [0.3, 0.4) is 0 Å². The van der Waals surface area contributed by atoms with E-state index in [9.17, 15) is 4.79 Å². The van der Waals surface area contributed by atoms with E-state index in [-0.39, 0.29) is 5.56 Å². The van der Waals surface area contributed by atoms with Crippen LogP contribution in [0.5, 0.6) is 17.2 Å². The first-order valence-electron chi connectivity index (χ1n) is 13.3. The van der Waals surface area contributed by atoms with Crippen LogP contribution >= 0.6 is 0 Å². The Balaban J connectivity index is 2.02. The number of fused-ring (bicyclic) bond motifs is 1. The molecule has 5 nitrogen and oxygen atoms in total. The van der Waals surface area contributed by atoms with Crippen molar-refractivity contribution in [3.05, 3.63) is 64.4 Å². The number of unbranched alkanes of at least 4 members (excludes halogenated alkanes) is 5. The van der Waals surface area contributed by atoms with Gasteiger partial charge in [-0.25, -0.2) is 0 Å². The molecule has 0 unspecified atom stereocenters. The maximum atomic E-state index is 13.7. The Morgan fingerprint density at radius 1 is 0.714 bits per heavy atom. The highest BCUT2D eigenvalue weighted by Crippen LogP contribution is 2.35. The number of rotatable bonds is 16. The van der Waals surface area contributed by atoms with Gasteiger partial charge in [-0.2, -0.15) is 0 Å². The van der Waals surface area contributed by atoms with E-state index in [1.165, 1.54) is 0 Å². The molecule has 0 aliphatic heterocycles. The minimum atomic E-state index is -0.114. The van der Waals surface area contributed by atoms with Gasteiger partial charge in [0.2, 0.25) is 5.75 Å². The average molecular weight is 480 g/mol. The summed E-state index contributed by atoms with van der Waals surface area (Å²) in [6, 6.07) is 16.0. The third-order valence-corrected chi connectivity index (χ3v) is 6.12. The zero-order valence-corrected chi connectivity index (χ0v) is 21.7. The number of nitrogens with zero attached hydrogens (tertiary/aromatic N) is 1. The Morgan fingerprint density at radius 2 is 1.40 bits per heavy atom. The molecule has 0 amide bonds. The number of pyridine rings is 1. The lowest BCUT2D eigenvalue weighted by Gasteiger charge is -2.19. The molecule has 0 saturated carbocycles. The highest BCUT2D eigenvalue weighted by atomic mass is 16.5. The molecule has 35 heavy (non-hydrogen) atoms. The fourth-order valence-corrected chi connectivity index (χ4v) is 4.04. The van der Waals surface area contributed by atoms with Crippen LogP contribution < -0.4 is 19.8 Å². The van der Waals surface area contributed by atoms with E-state index in [1.807, 2.05) is 53.1 Å². The monoisotopic (exact) mass is 479 g/mol. The molecular formula is C30H41NO4. The third-order valence-electron chi connectivity index (χ3n) is 6.12. The van der Waals surface area contributed by atoms with Crippen molar-refractivity contribution < 1.29 is 14.2 Å². The van der Waals surface area contributed by atoms with Crippen LogP contribution in [0.2, 0.25) is 0 Å². The molecule has 5 heteroatoms. The van der Waals surface area contributed by atoms with Crippen LogP contribution in [-0.4, -0.2) is 17.8 Å². The van der Waals surface area contributed by atoms with Gasteiger partial charge in [-0.05, 0) is 37.0 Å². The van der Waals surface area contributed by atoms with Gasteiger partial charge in [0.25, 0.3) is 5.56 Å². The van der Waals surface area contributed by atoms with Crippen molar-refractivity contribution in [1.29, 1.82) is 0 Å². The van der Waals surface area contributed by atoms with Crippen LogP contribution in [0, 0.1) is 0 Å². The molecule has 1 heterocycles. The summed E-state index contributed by atoms with van der Waals surface area (Å²) in [6.45, 7) is 8.63. The second kappa shape index (κ2) is 14.4. The molecule has 0 N–H and O–H groups in total. The fourth-order valence-electron chi connectivity index (χ4n) is 4.04. The molecule has 2 aromatic carbocycles. The third kappa shape index (κ3) is 7.51. The molecular weight excluding hydrogens is 438 g/mol. The van der Waals surface area contributed by atoms with Crippen LogP contribution in [0.25, 0.3) is 10.9 Å². The van der Waals surface area contributed by atoms with Crippen LogP contribution in [0.15, 0.2) is 53.3 Å². The van der Waals surface area contributed by atoms with Crippen LogP contribution in [-0.2, 0) is 13.2 Å². The minimum Gasteiger partial charge on any atom is -0.489 e. The van der Waals surface area contributed by atoms with Gasteiger partial charge < -0.3 is 18.8 Å². The van der Waals surface area contributed by atoms with Crippen molar-refractivity contribution in [2.75, 3.05) is 13.2 Å². The van der Waals surface area contributed by atoms with E-state index in [1.54, 1.807) is 0 Å². The predicted octanol–water partition coefficient (Wildman–Crippen LogP) is 7.52. The summed E-state index contributed by atoms with van der Waals surface area (Å²) in [5.41, 5.74) is 1.83. The van der Waals surface area contributed by atoms with Gasteiger partial charge in [0.15, 0.2) is 5.75 Å². The van der Waals surface area contributed by atoms with Gasteiger partial charge in [-0.1, -0.05) is 83.2 Å². The van der Waals surface area contributed by atoms with E-state index in [0.717, 1.165) is 73.6 Å². The Labute approximate surface area is 210 Å². The molecule has 0 aliphatic carbocycles. The summed E-state index contributed by atoms with van der Waals surface area (Å²) in [7, 11) is 0. The second-order valence-corrected chi connectivity index (χ2v) is 9.03. The lowest BCUT2D eigenvalue weighted by atomic mass is 10.1. The Kier molecular flexibility index (Phi) is 11.0. The highest BCUT2D eigenvalue weighted by Gasteiger charge is 2.20. The molecule has 3 aromatic rings. The van der Waals surface area contributed by atoms with Crippen molar-refractivity contribution in [2.24, 2.45) is 0 Å². The van der Waals surface area contributed by atoms with Gasteiger partial charge in [0, 0.05) is 18.0 Å². The zero-order valence-electron chi connectivity index (χ0n) is 21.7. The van der Waals surface area contributed by atoms with Gasteiger partial charge in [-0.15, -0.1) is 0 Å². The van der Waals surface area contributed by atoms with E-state index >= 15 is 0 Å². The van der Waals surface area contributed by atoms with Gasteiger partial charge >= 0.3 is 0 Å². The molecule has 0 aliphatic rings. The van der Waals surface area contributed by atoms with E-state index < -0.39 is 0 Å². The quantitative estimate of drug-likeness (QED) is 0.199. The lowest BCUT2D eigenvalue weighted by molar-refractivity contribution is 0.259. The maximum Gasteiger partial charge on any atom is 0.297 e. The molecule has 3 rings (SSSR count). The predicted molar refractivity (Wildman–Crippen MR) is 144 cm³/mol. The first-order valence-corrected chi connectivity index (χ1v) is 13.3. The molecule has 0 atom stereocenters. The summed E-state index contributed by atoms with van der Waals surface area (Å²) >= 11 is 0. The van der Waals surface area contributed by atoms with E-state index in [0.29, 0.717) is 37.9 Å². The fraction of sp³-hybridized carbons (Fsp3) is 0.500. The summed E-state index contributed by atoms with van der Waals surface area (Å²) in [4.78, 5) is 13.7. The Bertz CT molecular complexity index is 1090. The first kappa shape index (κ1) is 26.7. The van der Waals surface area contributed by atoms with Crippen molar-refractivity contribution in [2.45, 2.75) is 85.3 Å². The van der Waals surface area contributed by atoms with Crippen molar-refractivity contribution >= 4 is 10.9 Å². The smallest absolute Gasteiger partial charge is 0.297 e. The van der Waals surface area contributed by atoms with Crippen molar-refractivity contribution in [1.82, 2.24) is 4.57 Å². The van der Waals surface area contributed by atoms with Crippen molar-refractivity contribution in [3.63, 3.8) is 0 Å². The lowest BCUT2D eigenvalue weighted by Crippen LogP contribution is -2.24.